The Morgan fingerprint density at radius 3 is 2.40 bits per heavy atom. The number of hydrogen-bond donors (Lipinski definition) is 3. The highest BCUT2D eigenvalue weighted by Gasteiger charge is 2.19. The topological polar surface area (TPSA) is 77.8 Å². The minimum absolute atomic E-state index is 0.772. The van der Waals surface area contributed by atoms with Gasteiger partial charge in [0.25, 0.3) is 0 Å². The number of Topliss-reactive ketones (excluding diaryl/α,β-unsaturated/α-hetero) is 1. The zero-order chi connectivity index (χ0) is 8.15. The molecule has 0 heterocycles. The maximum atomic E-state index is 10.4. The smallest absolute Gasteiger partial charge is 0.189 e. The van der Waals surface area contributed by atoms with Crippen molar-refractivity contribution in [3.63, 3.8) is 0 Å². The molecule has 0 fully saturated rings. The van der Waals surface area contributed by atoms with Gasteiger partial charge in [-0.3, -0.25) is 4.79 Å². The third-order valence-corrected chi connectivity index (χ3v) is 1.05. The number of carbonyl (C=O) groups excluding carboxylic acids is 1. The van der Waals surface area contributed by atoms with E-state index >= 15 is 0 Å². The van der Waals surface area contributed by atoms with Crippen molar-refractivity contribution in [2.75, 3.05) is 6.61 Å². The van der Waals surface area contributed by atoms with E-state index in [9.17, 15) is 4.79 Å². The molecule has 0 saturated heterocycles. The quantitative estimate of drug-likeness (QED) is 0.420. The van der Waals surface area contributed by atoms with Crippen LogP contribution in [0.15, 0.2) is 12.7 Å². The minimum Gasteiger partial charge on any atom is -0.388 e. The fourth-order valence-corrected chi connectivity index (χ4v) is 0.413. The van der Waals surface area contributed by atoms with Crippen molar-refractivity contribution in [1.29, 1.82) is 0 Å². The first-order valence-electron chi connectivity index (χ1n) is 2.75. The van der Waals surface area contributed by atoms with E-state index in [1.165, 1.54) is 0 Å². The summed E-state index contributed by atoms with van der Waals surface area (Å²) < 4.78 is 0. The highest BCUT2D eigenvalue weighted by molar-refractivity contribution is 5.84. The first-order chi connectivity index (χ1) is 4.63. The Morgan fingerprint density at radius 2 is 2.10 bits per heavy atom. The van der Waals surface area contributed by atoms with Gasteiger partial charge < -0.3 is 15.3 Å². The zero-order valence-corrected chi connectivity index (χ0v) is 5.40. The highest BCUT2D eigenvalue weighted by atomic mass is 16.3. The van der Waals surface area contributed by atoms with Crippen molar-refractivity contribution < 1.29 is 20.1 Å². The lowest BCUT2D eigenvalue weighted by Crippen LogP contribution is -2.34. The Labute approximate surface area is 58.4 Å². The molecular weight excluding hydrogens is 136 g/mol. The first-order valence-corrected chi connectivity index (χ1v) is 2.75. The molecule has 58 valence electrons. The molecule has 0 aliphatic heterocycles. The molecule has 4 heteroatoms. The molecule has 2 atom stereocenters. The van der Waals surface area contributed by atoms with Gasteiger partial charge in [0.1, 0.15) is 18.8 Å². The molecule has 10 heavy (non-hydrogen) atoms. The molecular formula is C6H10O4. The van der Waals surface area contributed by atoms with E-state index in [0.29, 0.717) is 0 Å². The first kappa shape index (κ1) is 9.29. The Morgan fingerprint density at radius 1 is 1.60 bits per heavy atom. The average molecular weight is 146 g/mol. The molecule has 0 aromatic rings. The molecule has 0 spiro atoms. The number of hydrogen-bond acceptors (Lipinski definition) is 4. The molecule has 0 saturated carbocycles. The molecule has 0 radical (unpaired) electrons. The van der Waals surface area contributed by atoms with Crippen LogP contribution in [0.3, 0.4) is 0 Å². The van der Waals surface area contributed by atoms with Gasteiger partial charge in [0.15, 0.2) is 5.78 Å². The van der Waals surface area contributed by atoms with E-state index in [1.807, 2.05) is 0 Å². The molecule has 0 aliphatic carbocycles. The third kappa shape index (κ3) is 2.26. The van der Waals surface area contributed by atoms with Crippen LogP contribution in [-0.4, -0.2) is 39.9 Å². The van der Waals surface area contributed by atoms with Gasteiger partial charge in [-0.2, -0.15) is 0 Å². The third-order valence-electron chi connectivity index (χ3n) is 1.05. The largest absolute Gasteiger partial charge is 0.388 e. The van der Waals surface area contributed by atoms with Gasteiger partial charge in [-0.25, -0.2) is 0 Å². The van der Waals surface area contributed by atoms with Crippen LogP contribution in [0, 0.1) is 0 Å². The number of ketones is 1. The normalized spacial score (nSPS) is 15.9. The second-order valence-electron chi connectivity index (χ2n) is 1.80. The van der Waals surface area contributed by atoms with Crippen molar-refractivity contribution in [2.45, 2.75) is 12.2 Å². The van der Waals surface area contributed by atoms with Gasteiger partial charge in [0.2, 0.25) is 0 Å². The second kappa shape index (κ2) is 4.16. The van der Waals surface area contributed by atoms with Gasteiger partial charge in [-0.15, -0.1) is 6.58 Å². The molecule has 0 amide bonds. The van der Waals surface area contributed by atoms with Gasteiger partial charge in [0.05, 0.1) is 0 Å². The Balaban J connectivity index is 3.93. The summed E-state index contributed by atoms with van der Waals surface area (Å²) in [6.07, 6.45) is -1.82. The molecule has 2 unspecified atom stereocenters. The van der Waals surface area contributed by atoms with Gasteiger partial charge in [-0.1, -0.05) is 6.08 Å². The van der Waals surface area contributed by atoms with Crippen molar-refractivity contribution in [3.8, 4) is 0 Å². The van der Waals surface area contributed by atoms with Crippen molar-refractivity contribution in [2.24, 2.45) is 0 Å². The number of carbonyl (C=O) groups is 1. The second-order valence-corrected chi connectivity index (χ2v) is 1.80. The number of aliphatic hydroxyl groups excluding tert-OH is 3. The monoisotopic (exact) mass is 146 g/mol. The standard InChI is InChI=1S/C6H10O4/c1-2-4(8)6(10)5(9)3-7/h2,4,6-8,10H,1,3H2. The fourth-order valence-electron chi connectivity index (χ4n) is 0.413. The van der Waals surface area contributed by atoms with E-state index in [1.54, 1.807) is 0 Å². The highest BCUT2D eigenvalue weighted by Crippen LogP contribution is 1.94. The lowest BCUT2D eigenvalue weighted by molar-refractivity contribution is -0.133. The molecule has 3 N–H and O–H groups in total. The van der Waals surface area contributed by atoms with Gasteiger partial charge >= 0.3 is 0 Å². The van der Waals surface area contributed by atoms with Crippen LogP contribution in [-0.2, 0) is 4.79 Å². The van der Waals surface area contributed by atoms with E-state index < -0.39 is 24.6 Å². The van der Waals surface area contributed by atoms with Gasteiger partial charge in [-0.05, 0) is 0 Å². The zero-order valence-electron chi connectivity index (χ0n) is 5.40. The molecule has 0 aromatic carbocycles. The maximum absolute atomic E-state index is 10.4. The lowest BCUT2D eigenvalue weighted by atomic mass is 10.1. The summed E-state index contributed by atoms with van der Waals surface area (Å²) >= 11 is 0. The summed E-state index contributed by atoms with van der Waals surface area (Å²) in [6, 6.07) is 0. The number of aliphatic hydroxyl groups is 3. The van der Waals surface area contributed by atoms with E-state index in [-0.39, 0.29) is 0 Å². The summed E-state index contributed by atoms with van der Waals surface area (Å²) in [4.78, 5) is 10.4. The van der Waals surface area contributed by atoms with Crippen LogP contribution in [0.1, 0.15) is 0 Å². The molecule has 0 aliphatic rings. The van der Waals surface area contributed by atoms with Gasteiger partial charge in [0, 0.05) is 0 Å². The van der Waals surface area contributed by atoms with Crippen LogP contribution < -0.4 is 0 Å². The lowest BCUT2D eigenvalue weighted by Gasteiger charge is -2.10. The summed E-state index contributed by atoms with van der Waals surface area (Å²) in [6.45, 7) is 2.38. The van der Waals surface area contributed by atoms with Crippen LogP contribution in [0.5, 0.6) is 0 Å². The molecule has 4 nitrogen and oxygen atoms in total. The van der Waals surface area contributed by atoms with Crippen LogP contribution in [0.25, 0.3) is 0 Å². The van der Waals surface area contributed by atoms with Crippen LogP contribution in [0.2, 0.25) is 0 Å². The molecule has 0 rings (SSSR count). The van der Waals surface area contributed by atoms with E-state index in [0.717, 1.165) is 6.08 Å². The average Bonchev–Trinajstić information content (AvgIpc) is 2.00. The number of rotatable bonds is 4. The summed E-state index contributed by atoms with van der Waals surface area (Å²) in [5.74, 6) is -0.813. The van der Waals surface area contributed by atoms with Crippen molar-refractivity contribution in [1.82, 2.24) is 0 Å². The maximum Gasteiger partial charge on any atom is 0.189 e. The summed E-state index contributed by atoms with van der Waals surface area (Å²) in [5, 5.41) is 25.7. The van der Waals surface area contributed by atoms with Crippen LogP contribution in [0.4, 0.5) is 0 Å². The molecule has 0 bridgehead atoms. The van der Waals surface area contributed by atoms with E-state index in [4.69, 9.17) is 15.3 Å². The molecule has 0 aromatic heterocycles. The Hall–Kier alpha value is -0.710. The van der Waals surface area contributed by atoms with Crippen LogP contribution >= 0.6 is 0 Å². The van der Waals surface area contributed by atoms with Crippen molar-refractivity contribution in [3.05, 3.63) is 12.7 Å². The predicted octanol–water partition coefficient (Wildman–Crippen LogP) is -1.54. The SMILES string of the molecule is C=CC(O)C(O)C(=O)CO. The summed E-state index contributed by atoms with van der Waals surface area (Å²) in [5.41, 5.74) is 0. The van der Waals surface area contributed by atoms with E-state index in [2.05, 4.69) is 6.58 Å². The summed E-state index contributed by atoms with van der Waals surface area (Å²) in [7, 11) is 0. The Kier molecular flexibility index (Phi) is 3.87. The van der Waals surface area contributed by atoms with Crippen molar-refractivity contribution >= 4 is 5.78 Å². The fraction of sp³-hybridized carbons (Fsp3) is 0.500. The Bertz CT molecular complexity index is 132. The minimum atomic E-state index is -1.55. The predicted molar refractivity (Wildman–Crippen MR) is 34.3 cm³/mol.